The maximum atomic E-state index is 5.82. The SMILES string of the molecule is CCc1cc(CNC2CC2)cc(OCCC2CC2)n1. The van der Waals surface area contributed by atoms with Crippen LogP contribution in [0.4, 0.5) is 0 Å². The molecule has 0 unspecified atom stereocenters. The van der Waals surface area contributed by atoms with Crippen LogP contribution < -0.4 is 10.1 Å². The number of pyridine rings is 1. The van der Waals surface area contributed by atoms with Crippen molar-refractivity contribution in [3.8, 4) is 5.88 Å². The summed E-state index contributed by atoms with van der Waals surface area (Å²) >= 11 is 0. The van der Waals surface area contributed by atoms with Crippen LogP contribution in [-0.2, 0) is 13.0 Å². The van der Waals surface area contributed by atoms with E-state index in [1.54, 1.807) is 0 Å². The van der Waals surface area contributed by atoms with Gasteiger partial charge in [-0.2, -0.15) is 0 Å². The molecule has 2 aliphatic carbocycles. The Labute approximate surface area is 115 Å². The summed E-state index contributed by atoms with van der Waals surface area (Å²) in [4.78, 5) is 4.56. The van der Waals surface area contributed by atoms with Crippen LogP contribution in [0.2, 0.25) is 0 Å². The highest BCUT2D eigenvalue weighted by Crippen LogP contribution is 2.32. The molecule has 0 bridgehead atoms. The number of aromatic nitrogens is 1. The van der Waals surface area contributed by atoms with Crippen molar-refractivity contribution in [2.45, 2.75) is 58.0 Å². The summed E-state index contributed by atoms with van der Waals surface area (Å²) in [6, 6.07) is 5.04. The third-order valence-corrected chi connectivity index (χ3v) is 3.92. The molecule has 0 saturated heterocycles. The number of rotatable bonds is 8. The maximum absolute atomic E-state index is 5.82. The Morgan fingerprint density at radius 1 is 1.26 bits per heavy atom. The van der Waals surface area contributed by atoms with Crippen LogP contribution in [0.5, 0.6) is 5.88 Å². The van der Waals surface area contributed by atoms with Crippen molar-refractivity contribution < 1.29 is 4.74 Å². The van der Waals surface area contributed by atoms with Crippen molar-refractivity contribution in [1.82, 2.24) is 10.3 Å². The summed E-state index contributed by atoms with van der Waals surface area (Å²) in [5, 5.41) is 3.55. The van der Waals surface area contributed by atoms with Crippen molar-refractivity contribution in [2.24, 2.45) is 5.92 Å². The molecule has 1 aromatic heterocycles. The fourth-order valence-corrected chi connectivity index (χ4v) is 2.26. The van der Waals surface area contributed by atoms with Gasteiger partial charge in [-0.1, -0.05) is 19.8 Å². The molecular formula is C16H24N2O. The van der Waals surface area contributed by atoms with Crippen LogP contribution in [0.3, 0.4) is 0 Å². The fourth-order valence-electron chi connectivity index (χ4n) is 2.26. The van der Waals surface area contributed by atoms with Gasteiger partial charge < -0.3 is 10.1 Å². The molecule has 104 valence electrons. The zero-order valence-corrected chi connectivity index (χ0v) is 11.8. The van der Waals surface area contributed by atoms with E-state index in [1.165, 1.54) is 37.7 Å². The van der Waals surface area contributed by atoms with Crippen molar-refractivity contribution >= 4 is 0 Å². The smallest absolute Gasteiger partial charge is 0.213 e. The zero-order chi connectivity index (χ0) is 13.1. The molecule has 2 saturated carbocycles. The Morgan fingerprint density at radius 3 is 2.79 bits per heavy atom. The van der Waals surface area contributed by atoms with Gasteiger partial charge in [0.15, 0.2) is 0 Å². The predicted octanol–water partition coefficient (Wildman–Crippen LogP) is 3.07. The van der Waals surface area contributed by atoms with Gasteiger partial charge in [-0.15, -0.1) is 0 Å². The van der Waals surface area contributed by atoms with E-state index >= 15 is 0 Å². The van der Waals surface area contributed by atoms with Gasteiger partial charge in [-0.3, -0.25) is 0 Å². The summed E-state index contributed by atoms with van der Waals surface area (Å²) in [5.41, 5.74) is 2.44. The first-order valence-electron chi connectivity index (χ1n) is 7.69. The minimum absolute atomic E-state index is 0.748. The molecule has 2 aliphatic rings. The number of hydrogen-bond acceptors (Lipinski definition) is 3. The third kappa shape index (κ3) is 4.20. The van der Waals surface area contributed by atoms with E-state index in [-0.39, 0.29) is 0 Å². The zero-order valence-electron chi connectivity index (χ0n) is 11.8. The molecule has 3 heteroatoms. The monoisotopic (exact) mass is 260 g/mol. The summed E-state index contributed by atoms with van der Waals surface area (Å²) < 4.78 is 5.82. The van der Waals surface area contributed by atoms with Gasteiger partial charge in [0, 0.05) is 24.3 Å². The Kier molecular flexibility index (Phi) is 4.02. The highest BCUT2D eigenvalue weighted by Gasteiger charge is 2.21. The molecule has 3 nitrogen and oxygen atoms in total. The lowest BCUT2D eigenvalue weighted by molar-refractivity contribution is 0.290. The van der Waals surface area contributed by atoms with Crippen LogP contribution >= 0.6 is 0 Å². The van der Waals surface area contributed by atoms with Crippen LogP contribution in [-0.4, -0.2) is 17.6 Å². The highest BCUT2D eigenvalue weighted by atomic mass is 16.5. The van der Waals surface area contributed by atoms with Crippen LogP contribution in [0.1, 0.15) is 50.3 Å². The minimum Gasteiger partial charge on any atom is -0.478 e. The van der Waals surface area contributed by atoms with E-state index < -0.39 is 0 Å². The standard InChI is InChI=1S/C16H24N2O/c1-2-14-9-13(11-17-15-5-6-15)10-16(18-14)19-8-7-12-3-4-12/h9-10,12,15,17H,2-8,11H2,1H3. The fraction of sp³-hybridized carbons (Fsp3) is 0.688. The van der Waals surface area contributed by atoms with E-state index in [9.17, 15) is 0 Å². The second kappa shape index (κ2) is 5.91. The highest BCUT2D eigenvalue weighted by molar-refractivity contribution is 5.25. The molecule has 0 aromatic carbocycles. The predicted molar refractivity (Wildman–Crippen MR) is 76.3 cm³/mol. The lowest BCUT2D eigenvalue weighted by Crippen LogP contribution is -2.15. The largest absolute Gasteiger partial charge is 0.478 e. The molecule has 1 heterocycles. The summed E-state index contributed by atoms with van der Waals surface area (Å²) in [6.07, 6.45) is 7.60. The molecule has 1 aromatic rings. The van der Waals surface area contributed by atoms with Crippen molar-refractivity contribution in [2.75, 3.05) is 6.61 Å². The van der Waals surface area contributed by atoms with Crippen LogP contribution in [0, 0.1) is 5.92 Å². The molecule has 3 rings (SSSR count). The van der Waals surface area contributed by atoms with Gasteiger partial charge >= 0.3 is 0 Å². The first-order chi connectivity index (χ1) is 9.33. The average Bonchev–Trinajstić information content (AvgIpc) is 3.29. The maximum Gasteiger partial charge on any atom is 0.213 e. The number of nitrogens with one attached hydrogen (secondary N) is 1. The van der Waals surface area contributed by atoms with Gasteiger partial charge in [0.2, 0.25) is 5.88 Å². The molecule has 19 heavy (non-hydrogen) atoms. The minimum atomic E-state index is 0.748. The van der Waals surface area contributed by atoms with Gasteiger partial charge in [-0.05, 0) is 43.2 Å². The van der Waals surface area contributed by atoms with Gasteiger partial charge in [-0.25, -0.2) is 4.98 Å². The summed E-state index contributed by atoms with van der Waals surface area (Å²) in [7, 11) is 0. The van der Waals surface area contributed by atoms with E-state index in [1.807, 2.05) is 0 Å². The molecule has 0 spiro atoms. The van der Waals surface area contributed by atoms with Crippen molar-refractivity contribution in [3.05, 3.63) is 23.4 Å². The molecule has 0 aliphatic heterocycles. The van der Waals surface area contributed by atoms with Crippen LogP contribution in [0.15, 0.2) is 12.1 Å². The number of nitrogens with zero attached hydrogens (tertiary/aromatic N) is 1. The molecule has 0 amide bonds. The van der Waals surface area contributed by atoms with E-state index in [0.29, 0.717) is 0 Å². The number of ether oxygens (including phenoxy) is 1. The lowest BCUT2D eigenvalue weighted by Gasteiger charge is -2.10. The molecule has 1 N–H and O–H groups in total. The Morgan fingerprint density at radius 2 is 2.11 bits per heavy atom. The topological polar surface area (TPSA) is 34.1 Å². The summed E-state index contributed by atoms with van der Waals surface area (Å²) in [5.74, 6) is 1.73. The van der Waals surface area contributed by atoms with Crippen molar-refractivity contribution in [1.29, 1.82) is 0 Å². The Bertz CT molecular complexity index is 425. The van der Waals surface area contributed by atoms with E-state index in [4.69, 9.17) is 4.74 Å². The summed E-state index contributed by atoms with van der Waals surface area (Å²) in [6.45, 7) is 3.91. The van der Waals surface area contributed by atoms with Crippen LogP contribution in [0.25, 0.3) is 0 Å². The van der Waals surface area contributed by atoms with E-state index in [0.717, 1.165) is 43.1 Å². The lowest BCUT2D eigenvalue weighted by atomic mass is 10.2. The van der Waals surface area contributed by atoms with Crippen molar-refractivity contribution in [3.63, 3.8) is 0 Å². The number of aryl methyl sites for hydroxylation is 1. The first kappa shape index (κ1) is 12.9. The Balaban J connectivity index is 1.57. The van der Waals surface area contributed by atoms with Gasteiger partial charge in [0.05, 0.1) is 6.61 Å². The average molecular weight is 260 g/mol. The molecule has 0 atom stereocenters. The van der Waals surface area contributed by atoms with Gasteiger partial charge in [0.1, 0.15) is 0 Å². The van der Waals surface area contributed by atoms with E-state index in [2.05, 4.69) is 29.4 Å². The first-order valence-corrected chi connectivity index (χ1v) is 7.69. The van der Waals surface area contributed by atoms with Gasteiger partial charge in [0.25, 0.3) is 0 Å². The molecule has 0 radical (unpaired) electrons. The second-order valence-corrected chi connectivity index (χ2v) is 5.89. The number of hydrogen-bond donors (Lipinski definition) is 1. The second-order valence-electron chi connectivity index (χ2n) is 5.89. The molecule has 2 fully saturated rings. The quantitative estimate of drug-likeness (QED) is 0.780. The third-order valence-electron chi connectivity index (χ3n) is 3.92. The normalized spacial score (nSPS) is 18.6. The Hall–Kier alpha value is -1.09. The molecular weight excluding hydrogens is 236 g/mol.